The smallest absolute Gasteiger partial charge is 0.173 e. The van der Waals surface area contributed by atoms with Crippen LogP contribution in [0.2, 0.25) is 0 Å². The average molecular weight is 262 g/mol. The van der Waals surface area contributed by atoms with Crippen molar-refractivity contribution in [2.45, 2.75) is 25.6 Å². The molecule has 1 aromatic carbocycles. The summed E-state index contributed by atoms with van der Waals surface area (Å²) in [4.78, 5) is 10.1. The van der Waals surface area contributed by atoms with Crippen molar-refractivity contribution in [3.8, 4) is 0 Å². The van der Waals surface area contributed by atoms with E-state index in [0.717, 1.165) is 5.56 Å². The normalized spacial score (nSPS) is 28.3. The quantitative estimate of drug-likeness (QED) is 0.830. The van der Waals surface area contributed by atoms with Crippen LogP contribution in [0.4, 0.5) is 0 Å². The molecule has 0 spiro atoms. The fourth-order valence-corrected chi connectivity index (χ4v) is 3.20. The molecule has 2 rings (SSSR count). The summed E-state index contributed by atoms with van der Waals surface area (Å²) in [5.74, 6) is 0.274. The van der Waals surface area contributed by atoms with Crippen LogP contribution in [-0.4, -0.2) is 10.5 Å². The molecule has 0 bridgehead atoms. The Morgan fingerprint density at radius 2 is 2.00 bits per heavy atom. The lowest BCUT2D eigenvalue weighted by molar-refractivity contribution is 0.102. The fourth-order valence-electron chi connectivity index (χ4n) is 1.93. The SMILES string of the molecule is CC1C=CC=CC1(C)OP(O)Cc1ccccc1. The van der Waals surface area contributed by atoms with E-state index in [9.17, 15) is 4.89 Å². The summed E-state index contributed by atoms with van der Waals surface area (Å²) in [5, 5.41) is 0. The summed E-state index contributed by atoms with van der Waals surface area (Å²) in [6, 6.07) is 9.95. The highest BCUT2D eigenvalue weighted by atomic mass is 31.2. The Balaban J connectivity index is 1.97. The third-order valence-electron chi connectivity index (χ3n) is 3.30. The van der Waals surface area contributed by atoms with Gasteiger partial charge in [-0.1, -0.05) is 61.6 Å². The molecule has 0 aliphatic heterocycles. The van der Waals surface area contributed by atoms with Crippen molar-refractivity contribution in [1.82, 2.24) is 0 Å². The molecule has 1 aliphatic carbocycles. The number of benzene rings is 1. The van der Waals surface area contributed by atoms with Gasteiger partial charge in [0, 0.05) is 12.1 Å². The summed E-state index contributed by atoms with van der Waals surface area (Å²) >= 11 is 0. The monoisotopic (exact) mass is 262 g/mol. The molecule has 0 fully saturated rings. The van der Waals surface area contributed by atoms with Gasteiger partial charge in [0.15, 0.2) is 8.38 Å². The molecule has 0 saturated carbocycles. The van der Waals surface area contributed by atoms with Gasteiger partial charge in [0.1, 0.15) is 0 Å². The van der Waals surface area contributed by atoms with E-state index in [0.29, 0.717) is 6.16 Å². The Kier molecular flexibility index (Phi) is 4.34. The first kappa shape index (κ1) is 13.5. The molecule has 0 radical (unpaired) electrons. The fraction of sp³-hybridized carbons (Fsp3) is 0.333. The molecule has 0 amide bonds. The molecule has 1 N–H and O–H groups in total. The highest BCUT2D eigenvalue weighted by Gasteiger charge is 2.32. The van der Waals surface area contributed by atoms with Gasteiger partial charge >= 0.3 is 0 Å². The van der Waals surface area contributed by atoms with Crippen LogP contribution in [0.3, 0.4) is 0 Å². The van der Waals surface area contributed by atoms with Crippen LogP contribution in [0.1, 0.15) is 19.4 Å². The Labute approximate surface area is 110 Å². The van der Waals surface area contributed by atoms with E-state index in [1.165, 1.54) is 0 Å². The summed E-state index contributed by atoms with van der Waals surface area (Å²) < 4.78 is 5.88. The molecule has 1 aromatic rings. The van der Waals surface area contributed by atoms with Gasteiger partial charge in [-0.25, -0.2) is 0 Å². The molecule has 0 heterocycles. The van der Waals surface area contributed by atoms with Gasteiger partial charge in [-0.2, -0.15) is 0 Å². The van der Waals surface area contributed by atoms with Crippen molar-refractivity contribution in [2.24, 2.45) is 5.92 Å². The highest BCUT2D eigenvalue weighted by molar-refractivity contribution is 7.45. The van der Waals surface area contributed by atoms with Crippen molar-refractivity contribution < 1.29 is 9.42 Å². The molecular formula is C15H19O2P. The maximum absolute atomic E-state index is 10.1. The lowest BCUT2D eigenvalue weighted by Gasteiger charge is -2.34. The second-order valence-corrected chi connectivity index (χ2v) is 6.01. The predicted octanol–water partition coefficient (Wildman–Crippen LogP) is 4.03. The zero-order chi connectivity index (χ0) is 13.0. The minimum atomic E-state index is -1.44. The first-order valence-corrected chi connectivity index (χ1v) is 7.55. The second kappa shape index (κ2) is 5.79. The Hall–Kier alpha value is -0.950. The highest BCUT2D eigenvalue weighted by Crippen LogP contribution is 2.44. The molecule has 3 atom stereocenters. The maximum Gasteiger partial charge on any atom is 0.173 e. The molecule has 18 heavy (non-hydrogen) atoms. The van der Waals surface area contributed by atoms with Crippen LogP contribution in [-0.2, 0) is 10.7 Å². The summed E-state index contributed by atoms with van der Waals surface area (Å²) in [6.45, 7) is 4.12. The minimum Gasteiger partial charge on any atom is -0.350 e. The summed E-state index contributed by atoms with van der Waals surface area (Å²) in [6.07, 6.45) is 8.70. The van der Waals surface area contributed by atoms with Crippen molar-refractivity contribution in [3.63, 3.8) is 0 Å². The van der Waals surface area contributed by atoms with E-state index in [2.05, 4.69) is 13.0 Å². The topological polar surface area (TPSA) is 29.5 Å². The van der Waals surface area contributed by atoms with Crippen LogP contribution >= 0.6 is 8.38 Å². The van der Waals surface area contributed by atoms with Crippen molar-refractivity contribution in [3.05, 3.63) is 60.2 Å². The van der Waals surface area contributed by atoms with Crippen molar-refractivity contribution in [2.75, 3.05) is 0 Å². The zero-order valence-corrected chi connectivity index (χ0v) is 11.7. The van der Waals surface area contributed by atoms with Crippen LogP contribution in [0.15, 0.2) is 54.6 Å². The van der Waals surface area contributed by atoms with Gasteiger partial charge in [-0.15, -0.1) is 0 Å². The Morgan fingerprint density at radius 3 is 2.67 bits per heavy atom. The van der Waals surface area contributed by atoms with E-state index in [1.54, 1.807) is 0 Å². The molecular weight excluding hydrogens is 243 g/mol. The molecule has 3 heteroatoms. The second-order valence-electron chi connectivity index (χ2n) is 4.80. The van der Waals surface area contributed by atoms with E-state index in [-0.39, 0.29) is 5.92 Å². The van der Waals surface area contributed by atoms with Crippen molar-refractivity contribution >= 4 is 8.38 Å². The first-order chi connectivity index (χ1) is 8.60. The van der Waals surface area contributed by atoms with Crippen LogP contribution < -0.4 is 0 Å². The molecule has 2 nitrogen and oxygen atoms in total. The van der Waals surface area contributed by atoms with Crippen LogP contribution in [0, 0.1) is 5.92 Å². The molecule has 1 aliphatic rings. The zero-order valence-electron chi connectivity index (χ0n) is 10.8. The lowest BCUT2D eigenvalue weighted by Crippen LogP contribution is -2.32. The Morgan fingerprint density at radius 1 is 1.28 bits per heavy atom. The number of hydrogen-bond acceptors (Lipinski definition) is 2. The minimum absolute atomic E-state index is 0.274. The maximum atomic E-state index is 10.1. The molecule has 0 saturated heterocycles. The summed E-state index contributed by atoms with van der Waals surface area (Å²) in [5.41, 5.74) is 0.710. The van der Waals surface area contributed by atoms with Crippen molar-refractivity contribution in [1.29, 1.82) is 0 Å². The van der Waals surface area contributed by atoms with E-state index < -0.39 is 14.0 Å². The molecule has 0 aromatic heterocycles. The van der Waals surface area contributed by atoms with Gasteiger partial charge in [0.05, 0.1) is 5.60 Å². The number of allylic oxidation sites excluding steroid dienone is 2. The van der Waals surface area contributed by atoms with Gasteiger partial charge in [-0.05, 0) is 12.5 Å². The van der Waals surface area contributed by atoms with Gasteiger partial charge in [0.25, 0.3) is 0 Å². The third-order valence-corrected chi connectivity index (χ3v) is 4.54. The Bertz CT molecular complexity index is 441. The lowest BCUT2D eigenvalue weighted by atomic mass is 9.87. The van der Waals surface area contributed by atoms with Crippen LogP contribution in [0.25, 0.3) is 0 Å². The number of rotatable bonds is 4. The van der Waals surface area contributed by atoms with E-state index in [4.69, 9.17) is 4.52 Å². The molecule has 3 unspecified atom stereocenters. The average Bonchev–Trinajstić information content (AvgIpc) is 2.34. The first-order valence-electron chi connectivity index (χ1n) is 6.16. The largest absolute Gasteiger partial charge is 0.350 e. The standard InChI is InChI=1S/C15H19O2P/c1-13-8-6-7-11-15(13,2)17-18(16)12-14-9-4-3-5-10-14/h3-11,13,16H,12H2,1-2H3. The third kappa shape index (κ3) is 3.29. The van der Waals surface area contributed by atoms with E-state index in [1.807, 2.05) is 55.5 Å². The predicted molar refractivity (Wildman–Crippen MR) is 76.2 cm³/mol. The van der Waals surface area contributed by atoms with Gasteiger partial charge in [-0.3, -0.25) is 0 Å². The number of hydrogen-bond donors (Lipinski definition) is 1. The van der Waals surface area contributed by atoms with E-state index >= 15 is 0 Å². The van der Waals surface area contributed by atoms with Crippen LogP contribution in [0.5, 0.6) is 0 Å². The molecule has 96 valence electrons. The van der Waals surface area contributed by atoms with Gasteiger partial charge in [0.2, 0.25) is 0 Å². The summed E-state index contributed by atoms with van der Waals surface area (Å²) in [7, 11) is -1.44. The van der Waals surface area contributed by atoms with Gasteiger partial charge < -0.3 is 9.42 Å².